The molecule has 1 rings (SSSR count). The normalized spacial score (nSPS) is 15.7. The summed E-state index contributed by atoms with van der Waals surface area (Å²) in [6.45, 7) is 4.11. The number of carbonyl (C=O) groups is 2. The highest BCUT2D eigenvalue weighted by molar-refractivity contribution is 5.81. The van der Waals surface area contributed by atoms with Crippen LogP contribution in [0.4, 0.5) is 0 Å². The van der Waals surface area contributed by atoms with Crippen molar-refractivity contribution in [3.8, 4) is 0 Å². The second-order valence-electron chi connectivity index (χ2n) is 5.60. The summed E-state index contributed by atoms with van der Waals surface area (Å²) >= 11 is 0. The first-order valence-corrected chi connectivity index (χ1v) is 6.06. The fourth-order valence-corrected chi connectivity index (χ4v) is 1.62. The molecule has 17 heavy (non-hydrogen) atoms. The molecule has 1 amide bonds. The van der Waals surface area contributed by atoms with Gasteiger partial charge in [0.2, 0.25) is 5.91 Å². The monoisotopic (exact) mass is 242 g/mol. The van der Waals surface area contributed by atoms with Crippen LogP contribution in [0.5, 0.6) is 0 Å². The maximum Gasteiger partial charge on any atom is 0.323 e. The molecule has 5 heteroatoms. The van der Waals surface area contributed by atoms with Gasteiger partial charge in [-0.05, 0) is 39.0 Å². The molecule has 0 radical (unpaired) electrons. The predicted molar refractivity (Wildman–Crippen MR) is 64.4 cm³/mol. The average Bonchev–Trinajstić information content (AvgIpc) is 2.95. The largest absolute Gasteiger partial charge is 0.480 e. The SMILES string of the molecule is CC(C)(N)CCC(=O)N(CC(=O)O)CC1CC1. The second kappa shape index (κ2) is 5.49. The topological polar surface area (TPSA) is 83.6 Å². The molecule has 0 spiro atoms. The third-order valence-electron chi connectivity index (χ3n) is 2.84. The maximum atomic E-state index is 11.9. The Morgan fingerprint density at radius 3 is 2.41 bits per heavy atom. The Morgan fingerprint density at radius 2 is 2.00 bits per heavy atom. The van der Waals surface area contributed by atoms with Crippen molar-refractivity contribution in [1.29, 1.82) is 0 Å². The fourth-order valence-electron chi connectivity index (χ4n) is 1.62. The van der Waals surface area contributed by atoms with E-state index in [0.29, 0.717) is 25.3 Å². The molecular formula is C12H22N2O3. The number of nitrogens with zero attached hydrogens (tertiary/aromatic N) is 1. The molecule has 0 saturated heterocycles. The highest BCUT2D eigenvalue weighted by Crippen LogP contribution is 2.30. The van der Waals surface area contributed by atoms with Crippen LogP contribution >= 0.6 is 0 Å². The van der Waals surface area contributed by atoms with E-state index in [1.807, 2.05) is 13.8 Å². The van der Waals surface area contributed by atoms with Crippen LogP contribution in [0, 0.1) is 5.92 Å². The zero-order valence-corrected chi connectivity index (χ0v) is 10.6. The van der Waals surface area contributed by atoms with Crippen molar-refractivity contribution in [2.75, 3.05) is 13.1 Å². The molecule has 1 saturated carbocycles. The van der Waals surface area contributed by atoms with Gasteiger partial charge >= 0.3 is 5.97 Å². The smallest absolute Gasteiger partial charge is 0.323 e. The molecule has 0 aliphatic heterocycles. The molecule has 0 atom stereocenters. The van der Waals surface area contributed by atoms with Crippen molar-refractivity contribution >= 4 is 11.9 Å². The predicted octanol–water partition coefficient (Wildman–Crippen LogP) is 0.827. The lowest BCUT2D eigenvalue weighted by Crippen LogP contribution is -2.39. The van der Waals surface area contributed by atoms with Gasteiger partial charge in [-0.15, -0.1) is 0 Å². The van der Waals surface area contributed by atoms with E-state index < -0.39 is 5.97 Å². The molecule has 0 aromatic heterocycles. The van der Waals surface area contributed by atoms with Crippen molar-refractivity contribution in [2.24, 2.45) is 11.7 Å². The van der Waals surface area contributed by atoms with Gasteiger partial charge in [0, 0.05) is 18.5 Å². The van der Waals surface area contributed by atoms with Gasteiger partial charge in [-0.1, -0.05) is 0 Å². The van der Waals surface area contributed by atoms with E-state index in [1.54, 1.807) is 0 Å². The van der Waals surface area contributed by atoms with Crippen LogP contribution in [0.1, 0.15) is 39.5 Å². The van der Waals surface area contributed by atoms with E-state index in [-0.39, 0.29) is 18.0 Å². The molecular weight excluding hydrogens is 220 g/mol. The Morgan fingerprint density at radius 1 is 1.41 bits per heavy atom. The van der Waals surface area contributed by atoms with Crippen LogP contribution in [-0.4, -0.2) is 40.5 Å². The summed E-state index contributed by atoms with van der Waals surface area (Å²) in [6, 6.07) is 0. The standard InChI is InChI=1S/C12H22N2O3/c1-12(2,13)6-5-10(15)14(8-11(16)17)7-9-3-4-9/h9H,3-8,13H2,1-2H3,(H,16,17). The minimum absolute atomic E-state index is 0.0992. The van der Waals surface area contributed by atoms with Crippen LogP contribution < -0.4 is 5.73 Å². The molecule has 1 fully saturated rings. The van der Waals surface area contributed by atoms with Crippen molar-refractivity contribution in [3.63, 3.8) is 0 Å². The van der Waals surface area contributed by atoms with Crippen LogP contribution in [0.25, 0.3) is 0 Å². The first kappa shape index (κ1) is 14.0. The van der Waals surface area contributed by atoms with Gasteiger partial charge < -0.3 is 15.7 Å². The first-order chi connectivity index (χ1) is 7.78. The van der Waals surface area contributed by atoms with Crippen molar-refractivity contribution < 1.29 is 14.7 Å². The Labute approximate surface area is 102 Å². The zero-order chi connectivity index (χ0) is 13.1. The van der Waals surface area contributed by atoms with E-state index in [1.165, 1.54) is 4.90 Å². The third kappa shape index (κ3) is 6.26. The molecule has 0 heterocycles. The summed E-state index contributed by atoms with van der Waals surface area (Å²) in [4.78, 5) is 24.0. The average molecular weight is 242 g/mol. The Bertz CT molecular complexity index is 293. The van der Waals surface area contributed by atoms with Gasteiger partial charge in [0.15, 0.2) is 0 Å². The number of hydrogen-bond donors (Lipinski definition) is 2. The minimum Gasteiger partial charge on any atom is -0.480 e. The van der Waals surface area contributed by atoms with Crippen molar-refractivity contribution in [3.05, 3.63) is 0 Å². The van der Waals surface area contributed by atoms with Crippen LogP contribution in [0.15, 0.2) is 0 Å². The Balaban J connectivity index is 2.43. The van der Waals surface area contributed by atoms with E-state index in [4.69, 9.17) is 10.8 Å². The van der Waals surface area contributed by atoms with Crippen LogP contribution in [0.2, 0.25) is 0 Å². The highest BCUT2D eigenvalue weighted by Gasteiger charge is 2.28. The minimum atomic E-state index is -0.953. The number of amides is 1. The lowest BCUT2D eigenvalue weighted by Gasteiger charge is -2.23. The molecule has 98 valence electrons. The summed E-state index contributed by atoms with van der Waals surface area (Å²) in [7, 11) is 0. The summed E-state index contributed by atoms with van der Waals surface area (Å²) in [5.74, 6) is -0.548. The lowest BCUT2D eigenvalue weighted by molar-refractivity contribution is -0.144. The Hall–Kier alpha value is -1.10. The van der Waals surface area contributed by atoms with Gasteiger partial charge in [0.1, 0.15) is 6.54 Å². The zero-order valence-electron chi connectivity index (χ0n) is 10.6. The maximum absolute atomic E-state index is 11.9. The number of carboxylic acid groups (broad SMARTS) is 1. The molecule has 1 aliphatic carbocycles. The first-order valence-electron chi connectivity index (χ1n) is 6.06. The summed E-state index contributed by atoms with van der Waals surface area (Å²) in [6.07, 6.45) is 3.10. The molecule has 0 bridgehead atoms. The van der Waals surface area contributed by atoms with E-state index in [0.717, 1.165) is 12.8 Å². The van der Waals surface area contributed by atoms with Crippen molar-refractivity contribution in [1.82, 2.24) is 4.90 Å². The molecule has 0 aromatic carbocycles. The summed E-state index contributed by atoms with van der Waals surface area (Å²) < 4.78 is 0. The Kier molecular flexibility index (Phi) is 4.51. The van der Waals surface area contributed by atoms with Gasteiger partial charge in [0.05, 0.1) is 0 Å². The molecule has 0 aromatic rings. The van der Waals surface area contributed by atoms with Gasteiger partial charge in [-0.3, -0.25) is 9.59 Å². The number of carbonyl (C=O) groups excluding carboxylic acids is 1. The number of aliphatic carboxylic acids is 1. The van der Waals surface area contributed by atoms with Crippen LogP contribution in [0.3, 0.4) is 0 Å². The van der Waals surface area contributed by atoms with Gasteiger partial charge in [0.25, 0.3) is 0 Å². The van der Waals surface area contributed by atoms with E-state index in [9.17, 15) is 9.59 Å². The quantitative estimate of drug-likeness (QED) is 0.692. The molecule has 1 aliphatic rings. The third-order valence-corrected chi connectivity index (χ3v) is 2.84. The summed E-state index contributed by atoms with van der Waals surface area (Å²) in [5, 5.41) is 8.78. The molecule has 0 unspecified atom stereocenters. The summed E-state index contributed by atoms with van der Waals surface area (Å²) in [5.41, 5.74) is 5.43. The van der Waals surface area contributed by atoms with Gasteiger partial charge in [-0.25, -0.2) is 0 Å². The number of hydrogen-bond acceptors (Lipinski definition) is 3. The second-order valence-corrected chi connectivity index (χ2v) is 5.60. The molecule has 5 nitrogen and oxygen atoms in total. The van der Waals surface area contributed by atoms with E-state index >= 15 is 0 Å². The number of rotatable bonds is 7. The van der Waals surface area contributed by atoms with Crippen molar-refractivity contribution in [2.45, 2.75) is 45.1 Å². The number of carboxylic acids is 1. The number of nitrogens with two attached hydrogens (primary N) is 1. The van der Waals surface area contributed by atoms with Gasteiger partial charge in [-0.2, -0.15) is 0 Å². The molecule has 3 N–H and O–H groups in total. The highest BCUT2D eigenvalue weighted by atomic mass is 16.4. The van der Waals surface area contributed by atoms with E-state index in [2.05, 4.69) is 0 Å². The fraction of sp³-hybridized carbons (Fsp3) is 0.833. The van der Waals surface area contributed by atoms with Crippen LogP contribution in [-0.2, 0) is 9.59 Å². The lowest BCUT2D eigenvalue weighted by atomic mass is 9.99.